The van der Waals surface area contributed by atoms with Crippen LogP contribution in [-0.4, -0.2) is 38.4 Å². The lowest BCUT2D eigenvalue weighted by molar-refractivity contribution is -0.914. The number of halogens is 3. The van der Waals surface area contributed by atoms with Gasteiger partial charge in [0, 0.05) is 11.3 Å². The fourth-order valence-corrected chi connectivity index (χ4v) is 3.26. The van der Waals surface area contributed by atoms with Gasteiger partial charge in [0.2, 0.25) is 0 Å². The van der Waals surface area contributed by atoms with Gasteiger partial charge in [-0.25, -0.2) is 0 Å². The molecular weight excluding hydrogens is 345 g/mol. The predicted molar refractivity (Wildman–Crippen MR) is 92.7 cm³/mol. The molecule has 0 amide bonds. The van der Waals surface area contributed by atoms with E-state index in [1.54, 1.807) is 12.1 Å². The van der Waals surface area contributed by atoms with Gasteiger partial charge in [-0.15, -0.1) is 0 Å². The van der Waals surface area contributed by atoms with Crippen molar-refractivity contribution in [3.8, 4) is 11.5 Å². The molecule has 0 aliphatic carbocycles. The molecule has 2 N–H and O–H groups in total. The lowest BCUT2D eigenvalue weighted by Gasteiger charge is -2.34. The molecule has 140 valence electrons. The van der Waals surface area contributed by atoms with Crippen molar-refractivity contribution in [1.82, 2.24) is 0 Å². The summed E-state index contributed by atoms with van der Waals surface area (Å²) in [5, 5.41) is 9.66. The fraction of sp³-hybridized carbons (Fsp3) is 0.368. The van der Waals surface area contributed by atoms with Crippen LogP contribution in [0, 0.1) is 0 Å². The zero-order valence-electron chi connectivity index (χ0n) is 14.5. The molecular formula is C19H22F3N2O2+. The van der Waals surface area contributed by atoms with E-state index in [0.29, 0.717) is 24.5 Å². The smallest absolute Gasteiger partial charge is 0.416 e. The summed E-state index contributed by atoms with van der Waals surface area (Å²) in [6, 6.07) is 10.8. The zero-order chi connectivity index (χ0) is 18.7. The van der Waals surface area contributed by atoms with Crippen molar-refractivity contribution < 1.29 is 27.9 Å². The van der Waals surface area contributed by atoms with Crippen molar-refractivity contribution in [2.75, 3.05) is 38.2 Å². The van der Waals surface area contributed by atoms with Gasteiger partial charge in [0.15, 0.2) is 11.5 Å². The largest absolute Gasteiger partial charge is 0.504 e. The summed E-state index contributed by atoms with van der Waals surface area (Å²) in [6.07, 6.45) is -4.32. The van der Waals surface area contributed by atoms with E-state index in [1.807, 2.05) is 17.0 Å². The van der Waals surface area contributed by atoms with E-state index in [0.717, 1.165) is 31.3 Å². The molecule has 0 atom stereocenters. The number of methoxy groups -OCH3 is 1. The summed E-state index contributed by atoms with van der Waals surface area (Å²) in [7, 11) is 1.51. The van der Waals surface area contributed by atoms with Gasteiger partial charge in [-0.1, -0.05) is 6.07 Å². The molecule has 1 saturated heterocycles. The molecule has 0 radical (unpaired) electrons. The number of hydrogen-bond donors (Lipinski definition) is 2. The monoisotopic (exact) mass is 367 g/mol. The molecule has 0 saturated carbocycles. The normalized spacial score (nSPS) is 15.9. The molecule has 0 aromatic heterocycles. The Balaban J connectivity index is 1.61. The molecule has 1 fully saturated rings. The number of piperazine rings is 1. The number of phenols is 1. The maximum Gasteiger partial charge on any atom is 0.416 e. The van der Waals surface area contributed by atoms with Gasteiger partial charge in [-0.05, 0) is 36.4 Å². The van der Waals surface area contributed by atoms with Crippen LogP contribution in [0.2, 0.25) is 0 Å². The molecule has 26 heavy (non-hydrogen) atoms. The van der Waals surface area contributed by atoms with Crippen LogP contribution < -0.4 is 14.5 Å². The number of anilines is 1. The number of hydrogen-bond acceptors (Lipinski definition) is 3. The summed E-state index contributed by atoms with van der Waals surface area (Å²) >= 11 is 0. The second-order valence-electron chi connectivity index (χ2n) is 6.47. The second kappa shape index (κ2) is 7.45. The Morgan fingerprint density at radius 2 is 1.85 bits per heavy atom. The van der Waals surface area contributed by atoms with Gasteiger partial charge >= 0.3 is 6.18 Å². The Bertz CT molecular complexity index is 757. The molecule has 2 aromatic rings. The summed E-state index contributed by atoms with van der Waals surface area (Å²) in [5.41, 5.74) is 1.06. The number of aromatic hydroxyl groups is 1. The third kappa shape index (κ3) is 4.22. The summed E-state index contributed by atoms with van der Waals surface area (Å²) in [5.74, 6) is 0.560. The highest BCUT2D eigenvalue weighted by molar-refractivity contribution is 5.49. The number of alkyl halides is 3. The molecule has 0 spiro atoms. The first kappa shape index (κ1) is 18.4. The highest BCUT2D eigenvalue weighted by Crippen LogP contribution is 2.31. The van der Waals surface area contributed by atoms with E-state index in [4.69, 9.17) is 4.74 Å². The lowest BCUT2D eigenvalue weighted by atomic mass is 10.1. The topological polar surface area (TPSA) is 37.1 Å². The van der Waals surface area contributed by atoms with Crippen LogP contribution in [0.25, 0.3) is 0 Å². The minimum atomic E-state index is -4.32. The quantitative estimate of drug-likeness (QED) is 0.871. The Labute approximate surface area is 150 Å². The van der Waals surface area contributed by atoms with Crippen molar-refractivity contribution in [1.29, 1.82) is 0 Å². The first-order chi connectivity index (χ1) is 12.4. The maximum atomic E-state index is 12.9. The number of nitrogens with one attached hydrogen (secondary N) is 1. The number of phenolic OH excluding ortho intramolecular Hbond substituents is 1. The van der Waals surface area contributed by atoms with E-state index in [1.165, 1.54) is 24.1 Å². The van der Waals surface area contributed by atoms with Crippen molar-refractivity contribution in [3.05, 3.63) is 53.6 Å². The van der Waals surface area contributed by atoms with Crippen LogP contribution in [0.1, 0.15) is 11.1 Å². The summed E-state index contributed by atoms with van der Waals surface area (Å²) < 4.78 is 43.8. The molecule has 0 unspecified atom stereocenters. The van der Waals surface area contributed by atoms with Crippen molar-refractivity contribution in [2.24, 2.45) is 0 Å². The Kier molecular flexibility index (Phi) is 5.27. The fourth-order valence-electron chi connectivity index (χ4n) is 3.26. The summed E-state index contributed by atoms with van der Waals surface area (Å²) in [6.45, 7) is 3.85. The maximum absolute atomic E-state index is 12.9. The molecule has 1 heterocycles. The molecule has 1 aliphatic rings. The van der Waals surface area contributed by atoms with Gasteiger partial charge in [-0.2, -0.15) is 13.2 Å². The lowest BCUT2D eigenvalue weighted by Crippen LogP contribution is -3.13. The van der Waals surface area contributed by atoms with Crippen molar-refractivity contribution in [3.63, 3.8) is 0 Å². The van der Waals surface area contributed by atoms with E-state index in [2.05, 4.69) is 0 Å². The molecule has 7 heteroatoms. The zero-order valence-corrected chi connectivity index (χ0v) is 14.5. The Morgan fingerprint density at radius 1 is 1.12 bits per heavy atom. The van der Waals surface area contributed by atoms with Crippen LogP contribution in [0.5, 0.6) is 11.5 Å². The van der Waals surface area contributed by atoms with Gasteiger partial charge in [0.05, 0.1) is 38.9 Å². The average molecular weight is 367 g/mol. The van der Waals surface area contributed by atoms with Crippen LogP contribution >= 0.6 is 0 Å². The average Bonchev–Trinajstić information content (AvgIpc) is 2.63. The Hall–Kier alpha value is -2.41. The van der Waals surface area contributed by atoms with E-state index >= 15 is 0 Å². The third-order valence-electron chi connectivity index (χ3n) is 4.71. The third-order valence-corrected chi connectivity index (χ3v) is 4.71. The minimum Gasteiger partial charge on any atom is -0.504 e. The molecule has 2 aromatic carbocycles. The van der Waals surface area contributed by atoms with Gasteiger partial charge in [-0.3, -0.25) is 0 Å². The van der Waals surface area contributed by atoms with E-state index in [-0.39, 0.29) is 5.75 Å². The number of quaternary nitrogens is 1. The van der Waals surface area contributed by atoms with Crippen LogP contribution in [-0.2, 0) is 12.7 Å². The Morgan fingerprint density at radius 3 is 2.50 bits per heavy atom. The number of rotatable bonds is 4. The number of benzene rings is 2. The number of ether oxygens (including phenoxy) is 1. The van der Waals surface area contributed by atoms with Gasteiger partial charge in [0.25, 0.3) is 0 Å². The van der Waals surface area contributed by atoms with Crippen molar-refractivity contribution >= 4 is 5.69 Å². The van der Waals surface area contributed by atoms with Crippen LogP contribution in [0.4, 0.5) is 18.9 Å². The second-order valence-corrected chi connectivity index (χ2v) is 6.47. The molecule has 4 nitrogen and oxygen atoms in total. The first-order valence-electron chi connectivity index (χ1n) is 8.48. The SMILES string of the molecule is COc1cc(C[NH+]2CCN(c3cccc(C(F)(F)F)c3)CC2)ccc1O. The van der Waals surface area contributed by atoms with Crippen molar-refractivity contribution in [2.45, 2.75) is 12.7 Å². The number of nitrogens with zero attached hydrogens (tertiary/aromatic N) is 1. The standard InChI is InChI=1S/C19H21F3N2O2/c1-26-18-11-14(5-6-17(18)25)13-23-7-9-24(10-8-23)16-4-2-3-15(12-16)19(20,21)22/h2-6,11-12,25H,7-10,13H2,1H3/p+1. The predicted octanol–water partition coefficient (Wildman–Crippen LogP) is 2.32. The van der Waals surface area contributed by atoms with Crippen LogP contribution in [0.15, 0.2) is 42.5 Å². The van der Waals surface area contributed by atoms with Crippen LogP contribution in [0.3, 0.4) is 0 Å². The molecule has 3 rings (SSSR count). The van der Waals surface area contributed by atoms with Gasteiger partial charge < -0.3 is 19.6 Å². The van der Waals surface area contributed by atoms with E-state index in [9.17, 15) is 18.3 Å². The van der Waals surface area contributed by atoms with Gasteiger partial charge in [0.1, 0.15) is 6.54 Å². The summed E-state index contributed by atoms with van der Waals surface area (Å²) in [4.78, 5) is 3.34. The molecule has 1 aliphatic heterocycles. The highest BCUT2D eigenvalue weighted by atomic mass is 19.4. The highest BCUT2D eigenvalue weighted by Gasteiger charge is 2.31. The molecule has 0 bridgehead atoms. The minimum absolute atomic E-state index is 0.112. The van der Waals surface area contributed by atoms with E-state index < -0.39 is 11.7 Å². The first-order valence-corrected chi connectivity index (χ1v) is 8.48.